The summed E-state index contributed by atoms with van der Waals surface area (Å²) in [4.78, 5) is 13.1. The maximum absolute atomic E-state index is 13.1. The SMILES string of the molecule is CCOc1ccc(-c2c(C(=O)NN=C(C)c3ccc(OC)c(OC)c3)nnn2-c2nonc2N)cc1. The largest absolute Gasteiger partial charge is 0.494 e. The molecule has 4 aromatic rings. The maximum Gasteiger partial charge on any atom is 0.294 e. The van der Waals surface area contributed by atoms with Crippen molar-refractivity contribution in [2.45, 2.75) is 13.8 Å². The van der Waals surface area contributed by atoms with E-state index in [0.717, 1.165) is 5.56 Å². The van der Waals surface area contributed by atoms with Crippen molar-refractivity contribution in [3.63, 3.8) is 0 Å². The Morgan fingerprint density at radius 2 is 1.86 bits per heavy atom. The van der Waals surface area contributed by atoms with Gasteiger partial charge in [-0.05, 0) is 66.6 Å². The Kier molecular flexibility index (Phi) is 7.09. The number of hydrogen-bond donors (Lipinski definition) is 2. The van der Waals surface area contributed by atoms with Crippen molar-refractivity contribution in [2.24, 2.45) is 5.10 Å². The second-order valence-corrected chi connectivity index (χ2v) is 7.34. The van der Waals surface area contributed by atoms with Crippen LogP contribution in [0.15, 0.2) is 52.2 Å². The van der Waals surface area contributed by atoms with Gasteiger partial charge in [0.15, 0.2) is 17.2 Å². The first-order chi connectivity index (χ1) is 17.5. The van der Waals surface area contributed by atoms with E-state index in [9.17, 15) is 4.79 Å². The van der Waals surface area contributed by atoms with Crippen molar-refractivity contribution < 1.29 is 23.6 Å². The summed E-state index contributed by atoms with van der Waals surface area (Å²) in [6, 6.07) is 12.4. The van der Waals surface area contributed by atoms with Crippen LogP contribution in [0.4, 0.5) is 5.82 Å². The zero-order valence-electron chi connectivity index (χ0n) is 20.1. The van der Waals surface area contributed by atoms with E-state index >= 15 is 0 Å². The molecule has 2 heterocycles. The van der Waals surface area contributed by atoms with Crippen LogP contribution < -0.4 is 25.4 Å². The standard InChI is InChI=1S/C23H24N8O5/c1-5-35-16-9-6-14(7-10-16)20-19(26-30-31(20)22-21(24)28-36-29-22)23(32)27-25-13(2)15-8-11-17(33-3)18(12-15)34-4/h6-12H,5H2,1-4H3,(H2,24,28)(H,27,32). The van der Waals surface area contributed by atoms with Crippen LogP contribution >= 0.6 is 0 Å². The highest BCUT2D eigenvalue weighted by Gasteiger charge is 2.25. The van der Waals surface area contributed by atoms with Crippen LogP contribution in [0.2, 0.25) is 0 Å². The van der Waals surface area contributed by atoms with E-state index in [0.29, 0.717) is 40.8 Å². The molecule has 0 aliphatic heterocycles. The number of hydrazone groups is 1. The number of methoxy groups -OCH3 is 2. The summed E-state index contributed by atoms with van der Waals surface area (Å²) in [5, 5.41) is 19.7. The smallest absolute Gasteiger partial charge is 0.294 e. The summed E-state index contributed by atoms with van der Waals surface area (Å²) in [5.74, 6) is 1.27. The Balaban J connectivity index is 1.67. The number of nitrogen functional groups attached to an aromatic ring is 1. The van der Waals surface area contributed by atoms with Gasteiger partial charge in [-0.3, -0.25) is 4.79 Å². The summed E-state index contributed by atoms with van der Waals surface area (Å²) in [6.07, 6.45) is 0. The van der Waals surface area contributed by atoms with Gasteiger partial charge in [-0.15, -0.1) is 5.10 Å². The van der Waals surface area contributed by atoms with Gasteiger partial charge in [0.05, 0.1) is 26.5 Å². The van der Waals surface area contributed by atoms with Crippen molar-refractivity contribution in [1.29, 1.82) is 0 Å². The fourth-order valence-corrected chi connectivity index (χ4v) is 3.37. The van der Waals surface area contributed by atoms with Gasteiger partial charge in [-0.2, -0.15) is 9.78 Å². The van der Waals surface area contributed by atoms with Crippen molar-refractivity contribution >= 4 is 17.4 Å². The van der Waals surface area contributed by atoms with Gasteiger partial charge in [0, 0.05) is 11.1 Å². The van der Waals surface area contributed by atoms with Crippen LogP contribution in [0.1, 0.15) is 29.9 Å². The van der Waals surface area contributed by atoms with E-state index in [2.05, 4.69) is 31.2 Å². The lowest BCUT2D eigenvalue weighted by Crippen LogP contribution is -2.21. The number of rotatable bonds is 9. The number of ether oxygens (including phenoxy) is 3. The summed E-state index contributed by atoms with van der Waals surface area (Å²) >= 11 is 0. The van der Waals surface area contributed by atoms with Crippen LogP contribution in [0.3, 0.4) is 0 Å². The Hall–Kier alpha value is -4.94. The molecule has 13 nitrogen and oxygen atoms in total. The van der Waals surface area contributed by atoms with Gasteiger partial charge in [-0.1, -0.05) is 5.21 Å². The number of nitrogens with one attached hydrogen (secondary N) is 1. The number of carbonyl (C=O) groups excluding carboxylic acids is 1. The summed E-state index contributed by atoms with van der Waals surface area (Å²) in [6.45, 7) is 4.15. The lowest BCUT2D eigenvalue weighted by atomic mass is 10.1. The molecule has 0 fully saturated rings. The predicted octanol–water partition coefficient (Wildman–Crippen LogP) is 2.47. The molecule has 0 radical (unpaired) electrons. The van der Waals surface area contributed by atoms with Crippen molar-refractivity contribution in [3.8, 4) is 34.3 Å². The second kappa shape index (κ2) is 10.5. The highest BCUT2D eigenvalue weighted by molar-refractivity contribution is 6.02. The topological polar surface area (TPSA) is 165 Å². The summed E-state index contributed by atoms with van der Waals surface area (Å²) in [7, 11) is 3.09. The van der Waals surface area contributed by atoms with E-state index in [1.165, 1.54) is 4.68 Å². The van der Waals surface area contributed by atoms with Gasteiger partial charge >= 0.3 is 0 Å². The fraction of sp³-hybridized carbons (Fsp3) is 0.217. The first kappa shape index (κ1) is 24.2. The molecule has 0 atom stereocenters. The Labute approximate surface area is 205 Å². The van der Waals surface area contributed by atoms with E-state index in [1.807, 2.05) is 6.92 Å². The summed E-state index contributed by atoms with van der Waals surface area (Å²) < 4.78 is 22.1. The first-order valence-electron chi connectivity index (χ1n) is 10.8. The van der Waals surface area contributed by atoms with E-state index < -0.39 is 5.91 Å². The molecule has 0 spiro atoms. The quantitative estimate of drug-likeness (QED) is 0.262. The minimum atomic E-state index is -0.597. The molecule has 0 saturated carbocycles. The number of carbonyl (C=O) groups is 1. The van der Waals surface area contributed by atoms with Crippen LogP contribution in [0.5, 0.6) is 17.2 Å². The maximum atomic E-state index is 13.1. The van der Waals surface area contributed by atoms with Crippen LogP contribution in [0.25, 0.3) is 17.1 Å². The predicted molar refractivity (Wildman–Crippen MR) is 129 cm³/mol. The molecular weight excluding hydrogens is 468 g/mol. The monoisotopic (exact) mass is 492 g/mol. The normalized spacial score (nSPS) is 11.3. The number of benzene rings is 2. The molecule has 36 heavy (non-hydrogen) atoms. The zero-order chi connectivity index (χ0) is 25.7. The van der Waals surface area contributed by atoms with Crippen LogP contribution in [-0.2, 0) is 0 Å². The molecule has 2 aromatic carbocycles. The van der Waals surface area contributed by atoms with Crippen molar-refractivity contribution in [1.82, 2.24) is 30.7 Å². The molecule has 3 N–H and O–H groups in total. The lowest BCUT2D eigenvalue weighted by Gasteiger charge is -2.10. The fourth-order valence-electron chi connectivity index (χ4n) is 3.37. The second-order valence-electron chi connectivity index (χ2n) is 7.34. The Morgan fingerprint density at radius 1 is 1.11 bits per heavy atom. The Bertz CT molecular complexity index is 1390. The minimum Gasteiger partial charge on any atom is -0.494 e. The highest BCUT2D eigenvalue weighted by atomic mass is 16.6. The number of hydrogen-bond acceptors (Lipinski definition) is 11. The number of nitrogens with zero attached hydrogens (tertiary/aromatic N) is 6. The number of nitrogens with two attached hydrogens (primary N) is 1. The molecule has 186 valence electrons. The van der Waals surface area contributed by atoms with Crippen LogP contribution in [0, 0.1) is 0 Å². The van der Waals surface area contributed by atoms with Crippen molar-refractivity contribution in [3.05, 3.63) is 53.7 Å². The Morgan fingerprint density at radius 3 is 2.50 bits per heavy atom. The molecule has 2 aromatic heterocycles. The lowest BCUT2D eigenvalue weighted by molar-refractivity contribution is 0.0950. The molecule has 1 amide bonds. The number of aromatic nitrogens is 5. The first-order valence-corrected chi connectivity index (χ1v) is 10.8. The third kappa shape index (κ3) is 4.80. The van der Waals surface area contributed by atoms with Gasteiger partial charge < -0.3 is 19.9 Å². The molecule has 13 heteroatoms. The third-order valence-electron chi connectivity index (χ3n) is 5.15. The molecule has 4 rings (SSSR count). The van der Waals surface area contributed by atoms with E-state index in [4.69, 9.17) is 24.6 Å². The van der Waals surface area contributed by atoms with Crippen molar-refractivity contribution in [2.75, 3.05) is 26.6 Å². The molecule has 0 aliphatic rings. The average Bonchev–Trinajstić information content (AvgIpc) is 3.53. The van der Waals surface area contributed by atoms with E-state index in [1.54, 1.807) is 63.6 Å². The molecule has 0 bridgehead atoms. The average molecular weight is 492 g/mol. The minimum absolute atomic E-state index is 0.00887. The molecule has 0 unspecified atom stereocenters. The van der Waals surface area contributed by atoms with Gasteiger partial charge in [0.1, 0.15) is 11.4 Å². The number of amides is 1. The molecule has 0 saturated heterocycles. The highest BCUT2D eigenvalue weighted by Crippen LogP contribution is 2.29. The van der Waals surface area contributed by atoms with E-state index in [-0.39, 0.29) is 17.3 Å². The molecular formula is C23H24N8O5. The number of anilines is 1. The van der Waals surface area contributed by atoms with Gasteiger partial charge in [-0.25, -0.2) is 10.1 Å². The van der Waals surface area contributed by atoms with Gasteiger partial charge in [0.25, 0.3) is 5.91 Å². The van der Waals surface area contributed by atoms with Crippen LogP contribution in [-0.4, -0.2) is 57.8 Å². The van der Waals surface area contributed by atoms with Gasteiger partial charge in [0.2, 0.25) is 11.6 Å². The molecule has 0 aliphatic carbocycles. The zero-order valence-corrected chi connectivity index (χ0v) is 20.1. The third-order valence-corrected chi connectivity index (χ3v) is 5.15. The summed E-state index contributed by atoms with van der Waals surface area (Å²) in [5.41, 5.74) is 10.6.